The Kier molecular flexibility index (Phi) is 7.97. The lowest BCUT2D eigenvalue weighted by molar-refractivity contribution is -0.122. The summed E-state index contributed by atoms with van der Waals surface area (Å²) in [5, 5.41) is 3.38. The second-order valence-corrected chi connectivity index (χ2v) is 9.09. The summed E-state index contributed by atoms with van der Waals surface area (Å²) < 4.78 is 36.8. The number of ether oxygens (including phenoxy) is 2. The van der Waals surface area contributed by atoms with Crippen molar-refractivity contribution in [3.63, 3.8) is 0 Å². The van der Waals surface area contributed by atoms with Gasteiger partial charge in [-0.05, 0) is 55.8 Å². The summed E-state index contributed by atoms with van der Waals surface area (Å²) >= 11 is 5.93. The normalized spacial score (nSPS) is 13.3. The van der Waals surface area contributed by atoms with Crippen molar-refractivity contribution in [1.29, 1.82) is 0 Å². The molecule has 0 aliphatic carbocycles. The minimum Gasteiger partial charge on any atom is -0.497 e. The second kappa shape index (κ2) is 10.0. The van der Waals surface area contributed by atoms with Crippen LogP contribution in [0.25, 0.3) is 0 Å². The second-order valence-electron chi connectivity index (χ2n) is 6.80. The molecule has 0 fully saturated rings. The number of nitrogens with zero attached hydrogens (tertiary/aromatic N) is 1. The zero-order chi connectivity index (χ0) is 22.5. The summed E-state index contributed by atoms with van der Waals surface area (Å²) in [6.07, 6.45) is 1.36. The van der Waals surface area contributed by atoms with Crippen molar-refractivity contribution in [1.82, 2.24) is 5.32 Å². The molecule has 7 nitrogen and oxygen atoms in total. The van der Waals surface area contributed by atoms with Crippen molar-refractivity contribution in [2.24, 2.45) is 0 Å². The van der Waals surface area contributed by atoms with E-state index in [0.29, 0.717) is 22.2 Å². The molecule has 2 aromatic carbocycles. The Labute approximate surface area is 183 Å². The maximum Gasteiger partial charge on any atom is 0.244 e. The molecule has 0 unspecified atom stereocenters. The predicted octanol–water partition coefficient (Wildman–Crippen LogP) is 3.78. The van der Waals surface area contributed by atoms with Crippen LogP contribution in [0.3, 0.4) is 0 Å². The lowest BCUT2D eigenvalue weighted by Crippen LogP contribution is -2.49. The van der Waals surface area contributed by atoms with Crippen LogP contribution in [0.2, 0.25) is 5.02 Å². The largest absolute Gasteiger partial charge is 0.497 e. The van der Waals surface area contributed by atoms with Gasteiger partial charge in [-0.25, -0.2) is 8.42 Å². The Morgan fingerprint density at radius 2 is 1.77 bits per heavy atom. The number of anilines is 1. The molecule has 2 rings (SSSR count). The van der Waals surface area contributed by atoms with Crippen LogP contribution in [-0.2, 0) is 14.8 Å². The fourth-order valence-corrected chi connectivity index (χ4v) is 4.55. The number of halogens is 1. The van der Waals surface area contributed by atoms with Crippen molar-refractivity contribution in [3.05, 3.63) is 53.1 Å². The Balaban J connectivity index is 2.35. The zero-order valence-electron chi connectivity index (χ0n) is 17.7. The van der Waals surface area contributed by atoms with Crippen molar-refractivity contribution < 1.29 is 22.7 Å². The molecule has 0 aliphatic heterocycles. The van der Waals surface area contributed by atoms with E-state index >= 15 is 0 Å². The smallest absolute Gasteiger partial charge is 0.244 e. The molecule has 0 saturated carbocycles. The molecule has 0 bridgehead atoms. The van der Waals surface area contributed by atoms with E-state index in [1.807, 2.05) is 0 Å². The number of benzene rings is 2. The third kappa shape index (κ3) is 5.58. The van der Waals surface area contributed by atoms with Crippen LogP contribution in [0, 0.1) is 0 Å². The molecule has 0 saturated heterocycles. The molecule has 1 N–H and O–H groups in total. The number of carbonyl (C=O) groups is 1. The number of sulfonamides is 1. The molecule has 2 atom stereocenters. The molecule has 0 radical (unpaired) electrons. The van der Waals surface area contributed by atoms with E-state index in [1.165, 1.54) is 0 Å². The van der Waals surface area contributed by atoms with E-state index in [1.54, 1.807) is 70.5 Å². The molecule has 0 aliphatic rings. The highest BCUT2D eigenvalue weighted by Crippen LogP contribution is 2.30. The predicted molar refractivity (Wildman–Crippen MR) is 119 cm³/mol. The first kappa shape index (κ1) is 23.8. The number of hydrogen-bond acceptors (Lipinski definition) is 5. The summed E-state index contributed by atoms with van der Waals surface area (Å²) in [6.45, 7) is 3.56. The lowest BCUT2D eigenvalue weighted by atomic mass is 10.1. The van der Waals surface area contributed by atoms with Gasteiger partial charge in [-0.15, -0.1) is 0 Å². The van der Waals surface area contributed by atoms with Gasteiger partial charge in [0, 0.05) is 10.6 Å². The molecule has 1 amide bonds. The minimum atomic E-state index is -3.73. The number of rotatable bonds is 9. The monoisotopic (exact) mass is 454 g/mol. The first-order chi connectivity index (χ1) is 14.1. The molecule has 164 valence electrons. The highest BCUT2D eigenvalue weighted by molar-refractivity contribution is 7.92. The summed E-state index contributed by atoms with van der Waals surface area (Å²) in [7, 11) is -0.630. The topological polar surface area (TPSA) is 84.9 Å². The first-order valence-corrected chi connectivity index (χ1v) is 11.6. The Bertz CT molecular complexity index is 979. The van der Waals surface area contributed by atoms with Gasteiger partial charge in [-0.1, -0.05) is 18.5 Å². The number of hydrogen-bond donors (Lipinski definition) is 1. The molecule has 0 spiro atoms. The van der Waals surface area contributed by atoms with E-state index in [4.69, 9.17) is 21.1 Å². The molecule has 9 heteroatoms. The lowest BCUT2D eigenvalue weighted by Gasteiger charge is -2.31. The molecular formula is C21H27ClN2O5S. The van der Waals surface area contributed by atoms with E-state index in [2.05, 4.69) is 5.32 Å². The zero-order valence-corrected chi connectivity index (χ0v) is 19.3. The average molecular weight is 455 g/mol. The van der Waals surface area contributed by atoms with Crippen LogP contribution in [0.4, 0.5) is 5.69 Å². The van der Waals surface area contributed by atoms with Crippen LogP contribution in [-0.4, -0.2) is 40.8 Å². The van der Waals surface area contributed by atoms with Crippen molar-refractivity contribution in [2.75, 3.05) is 24.8 Å². The molecule has 30 heavy (non-hydrogen) atoms. The van der Waals surface area contributed by atoms with E-state index < -0.39 is 28.0 Å². The van der Waals surface area contributed by atoms with Crippen molar-refractivity contribution in [2.45, 2.75) is 32.4 Å². The molecule has 2 aromatic rings. The summed E-state index contributed by atoms with van der Waals surface area (Å²) in [4.78, 5) is 13.1. The Morgan fingerprint density at radius 3 is 2.27 bits per heavy atom. The summed E-state index contributed by atoms with van der Waals surface area (Å²) in [5.41, 5.74) is 1.09. The van der Waals surface area contributed by atoms with E-state index in [9.17, 15) is 13.2 Å². The van der Waals surface area contributed by atoms with Gasteiger partial charge in [-0.3, -0.25) is 9.10 Å². The number of methoxy groups -OCH3 is 2. The van der Waals surface area contributed by atoms with Crippen molar-refractivity contribution in [3.8, 4) is 11.5 Å². The highest BCUT2D eigenvalue weighted by atomic mass is 35.5. The highest BCUT2D eigenvalue weighted by Gasteiger charge is 2.32. The fourth-order valence-electron chi connectivity index (χ4n) is 3.21. The number of carbonyl (C=O) groups excluding carboxylic acids is 1. The van der Waals surface area contributed by atoms with Crippen LogP contribution >= 0.6 is 11.6 Å². The number of nitrogens with one attached hydrogen (secondary N) is 1. The molecule has 0 heterocycles. The van der Waals surface area contributed by atoms with Gasteiger partial charge in [0.05, 0.1) is 32.2 Å². The van der Waals surface area contributed by atoms with Gasteiger partial charge in [-0.2, -0.15) is 0 Å². The standard InChI is InChI=1S/C21H27ClN2O5S/c1-6-19(24(30(5,26)27)16-9-7-15(22)8-10-16)21(25)23-14(2)18-13-17(28-3)11-12-20(18)29-4/h7-14,19H,6H2,1-5H3,(H,23,25)/t14-,19+/m0/s1. The fraction of sp³-hybridized carbons (Fsp3) is 0.381. The van der Waals surface area contributed by atoms with Crippen LogP contribution in [0.1, 0.15) is 31.9 Å². The summed E-state index contributed by atoms with van der Waals surface area (Å²) in [6, 6.07) is 10.2. The van der Waals surface area contributed by atoms with Gasteiger partial charge >= 0.3 is 0 Å². The maximum absolute atomic E-state index is 13.1. The SMILES string of the molecule is CC[C@H](C(=O)N[C@@H](C)c1cc(OC)ccc1OC)N(c1ccc(Cl)cc1)S(C)(=O)=O. The third-order valence-corrected chi connectivity index (χ3v) is 6.10. The Morgan fingerprint density at radius 1 is 1.13 bits per heavy atom. The van der Waals surface area contributed by atoms with Gasteiger partial charge in [0.15, 0.2) is 0 Å². The first-order valence-electron chi connectivity index (χ1n) is 9.39. The quantitative estimate of drug-likeness (QED) is 0.623. The summed E-state index contributed by atoms with van der Waals surface area (Å²) in [5.74, 6) is 0.794. The van der Waals surface area contributed by atoms with Crippen LogP contribution in [0.5, 0.6) is 11.5 Å². The molecule has 0 aromatic heterocycles. The number of amides is 1. The molecular weight excluding hydrogens is 428 g/mol. The van der Waals surface area contributed by atoms with Gasteiger partial charge in [0.25, 0.3) is 0 Å². The van der Waals surface area contributed by atoms with Crippen LogP contribution in [0.15, 0.2) is 42.5 Å². The van der Waals surface area contributed by atoms with Gasteiger partial charge in [0.2, 0.25) is 15.9 Å². The van der Waals surface area contributed by atoms with E-state index in [-0.39, 0.29) is 6.42 Å². The third-order valence-electron chi connectivity index (χ3n) is 4.67. The van der Waals surface area contributed by atoms with E-state index in [0.717, 1.165) is 16.1 Å². The van der Waals surface area contributed by atoms with Gasteiger partial charge in [0.1, 0.15) is 17.5 Å². The van der Waals surface area contributed by atoms with Gasteiger partial charge < -0.3 is 14.8 Å². The minimum absolute atomic E-state index is 0.281. The van der Waals surface area contributed by atoms with Crippen molar-refractivity contribution >= 4 is 33.2 Å². The average Bonchev–Trinajstić information content (AvgIpc) is 2.71. The Hall–Kier alpha value is -2.45. The maximum atomic E-state index is 13.1. The van der Waals surface area contributed by atoms with Crippen LogP contribution < -0.4 is 19.1 Å².